The van der Waals surface area contributed by atoms with Crippen molar-refractivity contribution in [3.8, 4) is 0 Å². The molecule has 0 unspecified atom stereocenters. The van der Waals surface area contributed by atoms with E-state index in [4.69, 9.17) is 11.6 Å². The average molecular weight is 200 g/mol. The van der Waals surface area contributed by atoms with Crippen molar-refractivity contribution >= 4 is 29.0 Å². The maximum Gasteiger partial charge on any atom is 0.0934 e. The van der Waals surface area contributed by atoms with Gasteiger partial charge in [0.15, 0.2) is 0 Å². The molecule has 3 heteroatoms. The summed E-state index contributed by atoms with van der Waals surface area (Å²) in [6, 6.07) is 4.01. The lowest BCUT2D eigenvalue weighted by molar-refractivity contribution is 0.862. The summed E-state index contributed by atoms with van der Waals surface area (Å²) in [4.78, 5) is 1.26. The number of hydrogen-bond donors (Lipinski definition) is 1. The van der Waals surface area contributed by atoms with Crippen LogP contribution in [-0.2, 0) is 0 Å². The molecule has 0 bridgehead atoms. The first-order valence-electron chi connectivity index (χ1n) is 4.00. The van der Waals surface area contributed by atoms with Crippen LogP contribution in [0.3, 0.4) is 0 Å². The molecule has 1 aliphatic rings. The number of hydrogen-bond acceptors (Lipinski definition) is 2. The molecule has 0 spiro atoms. The predicted molar refractivity (Wildman–Crippen MR) is 54.8 cm³/mol. The Kier molecular flexibility index (Phi) is 2.49. The highest BCUT2D eigenvalue weighted by Gasteiger charge is 2.05. The first kappa shape index (κ1) is 8.30. The van der Waals surface area contributed by atoms with Crippen molar-refractivity contribution < 1.29 is 0 Å². The molecule has 0 radical (unpaired) electrons. The van der Waals surface area contributed by atoms with E-state index in [-0.39, 0.29) is 0 Å². The first-order valence-corrected chi connectivity index (χ1v) is 5.19. The fraction of sp³-hybridized carbons (Fsp3) is 0.333. The normalized spacial score (nSPS) is 20.6. The number of nitrogens with one attached hydrogen (secondary N) is 1. The van der Waals surface area contributed by atoms with Crippen LogP contribution in [0.4, 0.5) is 0 Å². The van der Waals surface area contributed by atoms with Crippen molar-refractivity contribution in [2.24, 2.45) is 0 Å². The van der Waals surface area contributed by atoms with Gasteiger partial charge in [0.2, 0.25) is 0 Å². The van der Waals surface area contributed by atoms with Gasteiger partial charge < -0.3 is 5.32 Å². The van der Waals surface area contributed by atoms with E-state index >= 15 is 0 Å². The quantitative estimate of drug-likeness (QED) is 0.734. The van der Waals surface area contributed by atoms with Gasteiger partial charge in [-0.05, 0) is 31.2 Å². The van der Waals surface area contributed by atoms with E-state index in [1.165, 1.54) is 16.9 Å². The third-order valence-corrected chi connectivity index (χ3v) is 3.09. The van der Waals surface area contributed by atoms with E-state index in [0.717, 1.165) is 17.4 Å². The summed E-state index contributed by atoms with van der Waals surface area (Å²) < 4.78 is 0.868. The molecule has 1 aromatic rings. The fourth-order valence-corrected chi connectivity index (χ4v) is 2.37. The largest absolute Gasteiger partial charge is 0.313 e. The second-order valence-corrected chi connectivity index (χ2v) is 4.62. The Labute approximate surface area is 81.1 Å². The molecule has 1 saturated heterocycles. The summed E-state index contributed by atoms with van der Waals surface area (Å²) >= 11 is 7.46. The summed E-state index contributed by atoms with van der Waals surface area (Å²) in [6.07, 6.45) is 3.41. The van der Waals surface area contributed by atoms with Crippen LogP contribution in [0.1, 0.15) is 11.3 Å². The monoisotopic (exact) mass is 199 g/mol. The minimum atomic E-state index is 0.868. The second-order valence-electron chi connectivity index (χ2n) is 2.87. The minimum absolute atomic E-state index is 0.868. The van der Waals surface area contributed by atoms with Crippen molar-refractivity contribution in [1.82, 2.24) is 5.32 Å². The van der Waals surface area contributed by atoms with Crippen LogP contribution in [0.15, 0.2) is 17.7 Å². The Morgan fingerprint density at radius 1 is 1.50 bits per heavy atom. The Bertz CT molecular complexity index is 295. The van der Waals surface area contributed by atoms with Crippen LogP contribution < -0.4 is 5.32 Å². The lowest BCUT2D eigenvalue weighted by atomic mass is 10.2. The molecular formula is C9H10ClNS. The Morgan fingerprint density at radius 3 is 3.00 bits per heavy atom. The highest BCUT2D eigenvalue weighted by molar-refractivity contribution is 7.17. The summed E-state index contributed by atoms with van der Waals surface area (Å²) in [5, 5.41) is 3.30. The van der Waals surface area contributed by atoms with E-state index in [1.807, 2.05) is 6.07 Å². The Balaban J connectivity index is 2.15. The van der Waals surface area contributed by atoms with E-state index in [9.17, 15) is 0 Å². The van der Waals surface area contributed by atoms with Gasteiger partial charge in [0.1, 0.15) is 0 Å². The zero-order valence-corrected chi connectivity index (χ0v) is 8.21. The maximum absolute atomic E-state index is 5.82. The molecule has 12 heavy (non-hydrogen) atoms. The summed E-state index contributed by atoms with van der Waals surface area (Å²) in [7, 11) is 0. The van der Waals surface area contributed by atoms with Gasteiger partial charge in [0.25, 0.3) is 0 Å². The lowest BCUT2D eigenvalue weighted by Gasteiger charge is -1.90. The van der Waals surface area contributed by atoms with Crippen LogP contribution >= 0.6 is 22.9 Å². The molecule has 1 aliphatic heterocycles. The van der Waals surface area contributed by atoms with Gasteiger partial charge in [-0.3, -0.25) is 0 Å². The lowest BCUT2D eigenvalue weighted by Crippen LogP contribution is -2.04. The molecule has 2 rings (SSSR count). The van der Waals surface area contributed by atoms with Gasteiger partial charge in [-0.2, -0.15) is 0 Å². The molecule has 0 atom stereocenters. The number of rotatable bonds is 1. The second kappa shape index (κ2) is 3.60. The van der Waals surface area contributed by atoms with E-state index in [2.05, 4.69) is 17.5 Å². The van der Waals surface area contributed by atoms with E-state index < -0.39 is 0 Å². The molecule has 1 nitrogen and oxygen atoms in total. The molecule has 64 valence electrons. The van der Waals surface area contributed by atoms with Crippen LogP contribution in [0.25, 0.3) is 6.08 Å². The van der Waals surface area contributed by atoms with Gasteiger partial charge >= 0.3 is 0 Å². The average Bonchev–Trinajstić information content (AvgIpc) is 2.63. The molecule has 0 saturated carbocycles. The summed E-state index contributed by atoms with van der Waals surface area (Å²) in [6.45, 7) is 2.15. The highest BCUT2D eigenvalue weighted by Crippen LogP contribution is 2.24. The molecule has 2 heterocycles. The molecule has 0 aromatic carbocycles. The van der Waals surface area contributed by atoms with Crippen molar-refractivity contribution in [2.45, 2.75) is 6.42 Å². The Morgan fingerprint density at radius 2 is 2.42 bits per heavy atom. The third kappa shape index (κ3) is 1.89. The van der Waals surface area contributed by atoms with Crippen LogP contribution in [-0.4, -0.2) is 13.1 Å². The third-order valence-electron chi connectivity index (χ3n) is 1.92. The topological polar surface area (TPSA) is 12.0 Å². The smallest absolute Gasteiger partial charge is 0.0934 e. The van der Waals surface area contributed by atoms with Crippen molar-refractivity contribution in [3.63, 3.8) is 0 Å². The van der Waals surface area contributed by atoms with Crippen molar-refractivity contribution in [3.05, 3.63) is 26.9 Å². The van der Waals surface area contributed by atoms with Crippen LogP contribution in [0.5, 0.6) is 0 Å². The van der Waals surface area contributed by atoms with Crippen LogP contribution in [0.2, 0.25) is 4.34 Å². The molecule has 0 aliphatic carbocycles. The molecule has 1 aromatic heterocycles. The minimum Gasteiger partial charge on any atom is -0.313 e. The molecule has 1 fully saturated rings. The zero-order valence-electron chi connectivity index (χ0n) is 6.64. The molecule has 1 N–H and O–H groups in total. The Hall–Kier alpha value is -0.310. The predicted octanol–water partition coefficient (Wildman–Crippen LogP) is 2.78. The van der Waals surface area contributed by atoms with E-state index in [1.54, 1.807) is 11.3 Å². The van der Waals surface area contributed by atoms with Gasteiger partial charge in [-0.15, -0.1) is 11.3 Å². The molecular weight excluding hydrogens is 190 g/mol. The summed E-state index contributed by atoms with van der Waals surface area (Å²) in [5.74, 6) is 0. The number of thiophene rings is 1. The zero-order chi connectivity index (χ0) is 8.39. The van der Waals surface area contributed by atoms with Crippen LogP contribution in [0, 0.1) is 0 Å². The van der Waals surface area contributed by atoms with Crippen molar-refractivity contribution in [2.75, 3.05) is 13.1 Å². The van der Waals surface area contributed by atoms with Crippen molar-refractivity contribution in [1.29, 1.82) is 0 Å². The van der Waals surface area contributed by atoms with E-state index in [0.29, 0.717) is 0 Å². The SMILES string of the molecule is Clc1ccc(/C=C2/CCNC2)s1. The van der Waals surface area contributed by atoms with Gasteiger partial charge in [0.05, 0.1) is 4.34 Å². The highest BCUT2D eigenvalue weighted by atomic mass is 35.5. The standard InChI is InChI=1S/C9H10ClNS/c10-9-2-1-8(12-9)5-7-3-4-11-6-7/h1-2,5,11H,3-4,6H2/b7-5-. The van der Waals surface area contributed by atoms with Gasteiger partial charge in [0, 0.05) is 11.4 Å². The first-order chi connectivity index (χ1) is 5.84. The fourth-order valence-electron chi connectivity index (χ4n) is 1.32. The number of halogens is 1. The maximum atomic E-state index is 5.82. The van der Waals surface area contributed by atoms with Gasteiger partial charge in [-0.1, -0.05) is 17.2 Å². The summed E-state index contributed by atoms with van der Waals surface area (Å²) in [5.41, 5.74) is 1.48. The van der Waals surface area contributed by atoms with Gasteiger partial charge in [-0.25, -0.2) is 0 Å². The molecule has 0 amide bonds.